The number of ether oxygens (including phenoxy) is 1. The van der Waals surface area contributed by atoms with Gasteiger partial charge in [0.15, 0.2) is 0 Å². The summed E-state index contributed by atoms with van der Waals surface area (Å²) < 4.78 is 8.52. The van der Waals surface area contributed by atoms with Crippen molar-refractivity contribution in [2.45, 2.75) is 13.0 Å². The van der Waals surface area contributed by atoms with Crippen LogP contribution in [0.15, 0.2) is 82.1 Å². The average Bonchev–Trinajstić information content (AvgIpc) is 2.74. The number of aromatic nitrogens is 2. The maximum Gasteiger partial charge on any atom is 0.261 e. The lowest BCUT2D eigenvalue weighted by molar-refractivity contribution is 0.301. The van der Waals surface area contributed by atoms with Crippen molar-refractivity contribution in [3.63, 3.8) is 0 Å². The largest absolute Gasteiger partial charge is 0.494 e. The van der Waals surface area contributed by atoms with E-state index in [9.17, 15) is 4.79 Å². The normalized spacial score (nSPS) is 11.0. The molecule has 0 unspecified atom stereocenters. The Kier molecular flexibility index (Phi) is 5.97. The van der Waals surface area contributed by atoms with E-state index in [0.29, 0.717) is 41.3 Å². The van der Waals surface area contributed by atoms with Crippen LogP contribution in [0.4, 0.5) is 0 Å². The summed E-state index contributed by atoms with van der Waals surface area (Å²) in [5.74, 6) is 1.43. The number of halogens is 2. The molecule has 4 aromatic rings. The molecule has 0 aliphatic heterocycles. The fraction of sp³-hybridized carbons (Fsp3) is 0.130. The summed E-state index contributed by atoms with van der Waals surface area (Å²) in [6.07, 6.45) is 0.677. The van der Waals surface area contributed by atoms with E-state index in [1.807, 2.05) is 60.7 Å². The molecule has 0 atom stereocenters. The first kappa shape index (κ1) is 19.7. The van der Waals surface area contributed by atoms with Gasteiger partial charge >= 0.3 is 0 Å². The first-order valence-electron chi connectivity index (χ1n) is 9.26. The van der Waals surface area contributed by atoms with E-state index < -0.39 is 0 Å². The van der Waals surface area contributed by atoms with E-state index in [1.165, 1.54) is 0 Å². The second-order valence-electron chi connectivity index (χ2n) is 6.57. The van der Waals surface area contributed by atoms with E-state index in [2.05, 4.69) is 15.9 Å². The molecule has 4 nitrogen and oxygen atoms in total. The predicted octanol–water partition coefficient (Wildman–Crippen LogP) is 5.95. The van der Waals surface area contributed by atoms with Crippen LogP contribution in [0.1, 0.15) is 6.42 Å². The van der Waals surface area contributed by atoms with Gasteiger partial charge in [-0.25, -0.2) is 4.98 Å². The molecule has 1 heterocycles. The molecule has 0 saturated carbocycles. The predicted molar refractivity (Wildman–Crippen MR) is 121 cm³/mol. The summed E-state index contributed by atoms with van der Waals surface area (Å²) in [5, 5.41) is 1.25. The van der Waals surface area contributed by atoms with Crippen molar-refractivity contribution in [3.05, 3.63) is 92.6 Å². The molecule has 6 heteroatoms. The van der Waals surface area contributed by atoms with Crippen LogP contribution in [-0.4, -0.2) is 16.2 Å². The molecule has 0 fully saturated rings. The topological polar surface area (TPSA) is 44.1 Å². The molecule has 29 heavy (non-hydrogen) atoms. The van der Waals surface area contributed by atoms with Crippen LogP contribution in [0.2, 0.25) is 5.02 Å². The lowest BCUT2D eigenvalue weighted by atomic mass is 10.1. The van der Waals surface area contributed by atoms with Gasteiger partial charge in [-0.05, 0) is 67.1 Å². The van der Waals surface area contributed by atoms with E-state index in [0.717, 1.165) is 15.8 Å². The third-order valence-electron chi connectivity index (χ3n) is 4.57. The van der Waals surface area contributed by atoms with Gasteiger partial charge < -0.3 is 4.74 Å². The Labute approximate surface area is 181 Å². The van der Waals surface area contributed by atoms with Gasteiger partial charge in [-0.3, -0.25) is 9.36 Å². The number of para-hydroxylation sites is 1. The number of fused-ring (bicyclic) bond motifs is 1. The molecule has 0 aliphatic rings. The smallest absolute Gasteiger partial charge is 0.261 e. The maximum absolute atomic E-state index is 13.1. The maximum atomic E-state index is 13.1. The molecule has 1 aromatic heterocycles. The first-order valence-corrected chi connectivity index (χ1v) is 10.4. The number of hydrogen-bond acceptors (Lipinski definition) is 3. The van der Waals surface area contributed by atoms with E-state index >= 15 is 0 Å². The van der Waals surface area contributed by atoms with Gasteiger partial charge in [0.2, 0.25) is 0 Å². The third-order valence-corrected chi connectivity index (χ3v) is 5.35. The molecule has 0 spiro atoms. The van der Waals surface area contributed by atoms with Crippen LogP contribution >= 0.6 is 27.5 Å². The molecular weight excluding hydrogens is 452 g/mol. The Morgan fingerprint density at radius 2 is 1.69 bits per heavy atom. The van der Waals surface area contributed by atoms with Crippen molar-refractivity contribution in [3.8, 4) is 17.1 Å². The molecule has 4 rings (SSSR count). The zero-order valence-corrected chi connectivity index (χ0v) is 17.9. The van der Waals surface area contributed by atoms with E-state index in [4.69, 9.17) is 21.3 Å². The minimum Gasteiger partial charge on any atom is -0.494 e. The number of nitrogens with zero attached hydrogens (tertiary/aromatic N) is 2. The highest BCUT2D eigenvalue weighted by Gasteiger charge is 2.12. The molecule has 0 saturated heterocycles. The Bertz CT molecular complexity index is 1190. The van der Waals surface area contributed by atoms with Crippen LogP contribution in [0.25, 0.3) is 22.3 Å². The summed E-state index contributed by atoms with van der Waals surface area (Å²) in [6, 6.07) is 22.5. The molecule has 0 N–H and O–H groups in total. The quantitative estimate of drug-likeness (QED) is 0.328. The number of hydrogen-bond donors (Lipinski definition) is 0. The monoisotopic (exact) mass is 468 g/mol. The molecule has 0 bridgehead atoms. The summed E-state index contributed by atoms with van der Waals surface area (Å²) in [7, 11) is 0. The van der Waals surface area contributed by atoms with Gasteiger partial charge in [0.25, 0.3) is 5.56 Å². The number of benzene rings is 3. The van der Waals surface area contributed by atoms with Crippen LogP contribution in [0.3, 0.4) is 0 Å². The molecule has 0 radical (unpaired) electrons. The van der Waals surface area contributed by atoms with Gasteiger partial charge in [-0.15, -0.1) is 0 Å². The minimum atomic E-state index is -0.0517. The second kappa shape index (κ2) is 8.80. The Morgan fingerprint density at radius 1 is 0.966 bits per heavy atom. The van der Waals surface area contributed by atoms with Crippen LogP contribution < -0.4 is 10.3 Å². The second-order valence-corrected chi connectivity index (χ2v) is 7.92. The Balaban J connectivity index is 1.61. The van der Waals surface area contributed by atoms with Crippen molar-refractivity contribution in [1.82, 2.24) is 9.55 Å². The molecule has 0 amide bonds. The summed E-state index contributed by atoms with van der Waals surface area (Å²) in [5.41, 5.74) is 1.49. The SMILES string of the molecule is O=c1c2ccccc2nc(-c2ccc(Cl)cc2)n1CCCOc1ccc(Br)cc1. The Hall–Kier alpha value is -2.63. The van der Waals surface area contributed by atoms with Crippen LogP contribution in [0.5, 0.6) is 5.75 Å². The molecular formula is C23H18BrClN2O2. The summed E-state index contributed by atoms with van der Waals surface area (Å²) in [6.45, 7) is 1.01. The summed E-state index contributed by atoms with van der Waals surface area (Å²) >= 11 is 9.44. The molecule has 3 aromatic carbocycles. The van der Waals surface area contributed by atoms with Crippen LogP contribution in [-0.2, 0) is 6.54 Å². The van der Waals surface area contributed by atoms with E-state index in [-0.39, 0.29) is 5.56 Å². The third kappa shape index (κ3) is 4.52. The zero-order valence-electron chi connectivity index (χ0n) is 15.5. The first-order chi connectivity index (χ1) is 14.1. The minimum absolute atomic E-state index is 0.0517. The van der Waals surface area contributed by atoms with Crippen LogP contribution in [0, 0.1) is 0 Å². The highest BCUT2D eigenvalue weighted by molar-refractivity contribution is 9.10. The lowest BCUT2D eigenvalue weighted by Crippen LogP contribution is -2.24. The van der Waals surface area contributed by atoms with Gasteiger partial charge in [0.05, 0.1) is 17.5 Å². The van der Waals surface area contributed by atoms with Gasteiger partial charge in [-0.2, -0.15) is 0 Å². The van der Waals surface area contributed by atoms with Crippen molar-refractivity contribution >= 4 is 38.4 Å². The standard InChI is InChI=1S/C23H18BrClN2O2/c24-17-8-12-19(13-9-17)29-15-3-14-27-22(16-6-10-18(25)11-7-16)26-21-5-2-1-4-20(21)23(27)28/h1-2,4-13H,3,14-15H2. The highest BCUT2D eigenvalue weighted by atomic mass is 79.9. The fourth-order valence-electron chi connectivity index (χ4n) is 3.14. The van der Waals surface area contributed by atoms with E-state index in [1.54, 1.807) is 16.7 Å². The van der Waals surface area contributed by atoms with Gasteiger partial charge in [0, 0.05) is 21.6 Å². The average molecular weight is 470 g/mol. The van der Waals surface area contributed by atoms with Crippen molar-refractivity contribution < 1.29 is 4.74 Å². The number of rotatable bonds is 6. The lowest BCUT2D eigenvalue weighted by Gasteiger charge is -2.14. The molecule has 146 valence electrons. The van der Waals surface area contributed by atoms with Gasteiger partial charge in [0.1, 0.15) is 11.6 Å². The highest BCUT2D eigenvalue weighted by Crippen LogP contribution is 2.22. The van der Waals surface area contributed by atoms with Gasteiger partial charge in [-0.1, -0.05) is 39.7 Å². The fourth-order valence-corrected chi connectivity index (χ4v) is 3.53. The van der Waals surface area contributed by atoms with Crippen molar-refractivity contribution in [2.24, 2.45) is 0 Å². The summed E-state index contributed by atoms with van der Waals surface area (Å²) in [4.78, 5) is 17.9. The molecule has 0 aliphatic carbocycles. The van der Waals surface area contributed by atoms with Crippen molar-refractivity contribution in [2.75, 3.05) is 6.61 Å². The Morgan fingerprint density at radius 3 is 2.45 bits per heavy atom. The van der Waals surface area contributed by atoms with Crippen molar-refractivity contribution in [1.29, 1.82) is 0 Å². The zero-order chi connectivity index (χ0) is 20.2.